The number of hydrogen-bond donors (Lipinski definition) is 5. The summed E-state index contributed by atoms with van der Waals surface area (Å²) in [5.41, 5.74) is 0. The molecule has 0 radical (unpaired) electrons. The van der Waals surface area contributed by atoms with E-state index < -0.39 is 48.5 Å². The highest BCUT2D eigenvalue weighted by atomic mass is 16.5. The Hall–Kier alpha value is -2.73. The largest absolute Gasteiger partial charge is 0.379 e. The molecule has 1 aliphatic heterocycles. The molecule has 1 saturated heterocycles. The smallest absolute Gasteiger partial charge is 0.270 e. The first kappa shape index (κ1) is 26.3. The summed E-state index contributed by atoms with van der Waals surface area (Å²) in [6.07, 6.45) is 0.280. The zero-order chi connectivity index (χ0) is 23.2. The highest BCUT2D eigenvalue weighted by Gasteiger charge is 2.29. The molecule has 0 bridgehead atoms. The number of carbonyl (C=O) groups excluding carboxylic acids is 5. The number of amides is 5. The molecule has 0 aliphatic carbocycles. The van der Waals surface area contributed by atoms with Crippen LogP contribution < -0.4 is 26.6 Å². The zero-order valence-electron chi connectivity index (χ0n) is 18.2. The van der Waals surface area contributed by atoms with Crippen LogP contribution in [-0.4, -0.2) is 81.3 Å². The molecular formula is C19H33N5O7. The standard InChI is InChI=1S/C19H33N5O7/c1-4-20-18(29)19-24-17(28)15(12(2)3)23-14(26)9-21-16(27)13(22-11-25)10-30-7-5-6-8-31-19/h11-13,15,19H,4-10H2,1-3H3,(H,20,29)(H,21,27)(H,22,25)(H,23,26)(H,24,28). The van der Waals surface area contributed by atoms with Crippen molar-refractivity contribution in [2.75, 3.05) is 32.9 Å². The highest BCUT2D eigenvalue weighted by molar-refractivity contribution is 5.93. The first-order valence-electron chi connectivity index (χ1n) is 10.3. The van der Waals surface area contributed by atoms with Crippen molar-refractivity contribution >= 4 is 30.0 Å². The van der Waals surface area contributed by atoms with Gasteiger partial charge < -0.3 is 36.1 Å². The van der Waals surface area contributed by atoms with Gasteiger partial charge in [0.05, 0.1) is 13.2 Å². The number of ether oxygens (including phenoxy) is 2. The van der Waals surface area contributed by atoms with Crippen molar-refractivity contribution in [2.45, 2.75) is 51.9 Å². The third kappa shape index (κ3) is 9.75. The molecule has 0 spiro atoms. The fourth-order valence-electron chi connectivity index (χ4n) is 2.71. The molecule has 176 valence electrons. The maximum absolute atomic E-state index is 12.7. The summed E-state index contributed by atoms with van der Waals surface area (Å²) in [4.78, 5) is 60.2. The maximum atomic E-state index is 12.7. The van der Waals surface area contributed by atoms with Crippen LogP contribution in [0.5, 0.6) is 0 Å². The third-order valence-electron chi connectivity index (χ3n) is 4.39. The van der Waals surface area contributed by atoms with Crippen LogP contribution >= 0.6 is 0 Å². The Labute approximate surface area is 181 Å². The summed E-state index contributed by atoms with van der Waals surface area (Å²) >= 11 is 0. The van der Waals surface area contributed by atoms with Gasteiger partial charge >= 0.3 is 0 Å². The van der Waals surface area contributed by atoms with E-state index >= 15 is 0 Å². The van der Waals surface area contributed by atoms with Crippen molar-refractivity contribution in [3.8, 4) is 0 Å². The van der Waals surface area contributed by atoms with Crippen LogP contribution in [0.2, 0.25) is 0 Å². The summed E-state index contributed by atoms with van der Waals surface area (Å²) in [5.74, 6) is -2.56. The van der Waals surface area contributed by atoms with Gasteiger partial charge in [0, 0.05) is 19.8 Å². The molecule has 0 aromatic heterocycles. The van der Waals surface area contributed by atoms with E-state index in [4.69, 9.17) is 9.47 Å². The first-order chi connectivity index (χ1) is 14.8. The minimum Gasteiger partial charge on any atom is -0.379 e. The van der Waals surface area contributed by atoms with Gasteiger partial charge in [-0.15, -0.1) is 0 Å². The van der Waals surface area contributed by atoms with Crippen LogP contribution in [0.1, 0.15) is 33.6 Å². The molecule has 1 fully saturated rings. The van der Waals surface area contributed by atoms with Crippen molar-refractivity contribution < 1.29 is 33.4 Å². The van der Waals surface area contributed by atoms with E-state index in [1.807, 2.05) is 0 Å². The van der Waals surface area contributed by atoms with Crippen molar-refractivity contribution in [1.82, 2.24) is 26.6 Å². The summed E-state index contributed by atoms with van der Waals surface area (Å²) in [6.45, 7) is 5.58. The summed E-state index contributed by atoms with van der Waals surface area (Å²) < 4.78 is 11.0. The van der Waals surface area contributed by atoms with Crippen LogP contribution in [0.25, 0.3) is 0 Å². The molecule has 12 heteroatoms. The molecule has 12 nitrogen and oxygen atoms in total. The summed E-state index contributed by atoms with van der Waals surface area (Å²) in [5, 5.41) is 12.4. The van der Waals surface area contributed by atoms with E-state index in [1.54, 1.807) is 20.8 Å². The fraction of sp³-hybridized carbons (Fsp3) is 0.737. The second-order valence-corrected chi connectivity index (χ2v) is 7.28. The molecule has 31 heavy (non-hydrogen) atoms. The van der Waals surface area contributed by atoms with Gasteiger partial charge in [-0.25, -0.2) is 0 Å². The van der Waals surface area contributed by atoms with Crippen LogP contribution in [0, 0.1) is 5.92 Å². The lowest BCUT2D eigenvalue weighted by Crippen LogP contribution is -2.57. The Bertz CT molecular complexity index is 629. The molecule has 1 aliphatic rings. The van der Waals surface area contributed by atoms with Crippen LogP contribution in [0.4, 0.5) is 0 Å². The zero-order valence-corrected chi connectivity index (χ0v) is 18.2. The lowest BCUT2D eigenvalue weighted by molar-refractivity contribution is -0.142. The SMILES string of the molecule is CCNC(=O)C1NC(=O)C(C(C)C)NC(=O)CNC(=O)C(NC=O)COCCCCO1. The molecule has 1 rings (SSSR count). The highest BCUT2D eigenvalue weighted by Crippen LogP contribution is 2.04. The Kier molecular flexibility index (Phi) is 12.1. The molecule has 5 N–H and O–H groups in total. The lowest BCUT2D eigenvalue weighted by Gasteiger charge is -2.25. The van der Waals surface area contributed by atoms with Gasteiger partial charge in [0.25, 0.3) is 5.91 Å². The quantitative estimate of drug-likeness (QED) is 0.300. The van der Waals surface area contributed by atoms with E-state index in [2.05, 4.69) is 26.6 Å². The normalized spacial score (nSPS) is 24.9. The maximum Gasteiger partial charge on any atom is 0.270 e. The second kappa shape index (κ2) is 14.3. The third-order valence-corrected chi connectivity index (χ3v) is 4.39. The van der Waals surface area contributed by atoms with E-state index in [-0.39, 0.29) is 19.1 Å². The molecular weight excluding hydrogens is 410 g/mol. The second-order valence-electron chi connectivity index (χ2n) is 7.28. The number of likely N-dealkylation sites (N-methyl/N-ethyl adjacent to an activating group) is 1. The predicted octanol–water partition coefficient (Wildman–Crippen LogP) is -2.24. The van der Waals surface area contributed by atoms with Crippen molar-refractivity contribution in [3.63, 3.8) is 0 Å². The number of hydrogen-bond acceptors (Lipinski definition) is 7. The van der Waals surface area contributed by atoms with Crippen LogP contribution in [0.3, 0.4) is 0 Å². The topological polar surface area (TPSA) is 164 Å². The van der Waals surface area contributed by atoms with E-state index in [0.717, 1.165) is 0 Å². The number of nitrogens with one attached hydrogen (secondary N) is 5. The van der Waals surface area contributed by atoms with Gasteiger partial charge in [0.15, 0.2) is 0 Å². The predicted molar refractivity (Wildman–Crippen MR) is 109 cm³/mol. The minimum absolute atomic E-state index is 0.0662. The molecule has 0 saturated carbocycles. The minimum atomic E-state index is -1.21. The van der Waals surface area contributed by atoms with Crippen LogP contribution in [0.15, 0.2) is 0 Å². The van der Waals surface area contributed by atoms with E-state index in [9.17, 15) is 24.0 Å². The molecule has 1 heterocycles. The Morgan fingerprint density at radius 1 is 1.16 bits per heavy atom. The molecule has 0 aromatic carbocycles. The Morgan fingerprint density at radius 2 is 1.87 bits per heavy atom. The fourth-order valence-corrected chi connectivity index (χ4v) is 2.71. The summed E-state index contributed by atoms with van der Waals surface area (Å²) in [7, 11) is 0. The average molecular weight is 444 g/mol. The van der Waals surface area contributed by atoms with Gasteiger partial charge in [-0.3, -0.25) is 24.0 Å². The Balaban J connectivity index is 2.95. The van der Waals surface area contributed by atoms with Gasteiger partial charge in [-0.2, -0.15) is 0 Å². The molecule has 0 aromatic rings. The molecule has 5 amide bonds. The first-order valence-corrected chi connectivity index (χ1v) is 10.3. The number of carbonyl (C=O) groups is 5. The molecule has 3 unspecified atom stereocenters. The summed E-state index contributed by atoms with van der Waals surface area (Å²) in [6, 6.07) is -1.91. The van der Waals surface area contributed by atoms with Crippen molar-refractivity contribution in [1.29, 1.82) is 0 Å². The van der Waals surface area contributed by atoms with Gasteiger partial charge in [-0.05, 0) is 25.7 Å². The van der Waals surface area contributed by atoms with Crippen molar-refractivity contribution in [2.24, 2.45) is 5.92 Å². The van der Waals surface area contributed by atoms with E-state index in [1.165, 1.54) is 0 Å². The van der Waals surface area contributed by atoms with Gasteiger partial charge in [0.1, 0.15) is 12.1 Å². The van der Waals surface area contributed by atoms with Gasteiger partial charge in [-0.1, -0.05) is 13.8 Å². The monoisotopic (exact) mass is 443 g/mol. The van der Waals surface area contributed by atoms with Gasteiger partial charge in [0.2, 0.25) is 30.4 Å². The Morgan fingerprint density at radius 3 is 2.52 bits per heavy atom. The number of rotatable bonds is 5. The van der Waals surface area contributed by atoms with Crippen LogP contribution in [-0.2, 0) is 33.4 Å². The lowest BCUT2D eigenvalue weighted by atomic mass is 10.0. The molecule has 3 atom stereocenters. The van der Waals surface area contributed by atoms with Crippen molar-refractivity contribution in [3.05, 3.63) is 0 Å². The average Bonchev–Trinajstić information content (AvgIpc) is 2.72. The van der Waals surface area contributed by atoms with E-state index in [0.29, 0.717) is 32.4 Å².